The number of esters is 1. The molecule has 2 rings (SSSR count). The molecular formula is C19H24N2O4. The molecule has 1 amide bonds. The fourth-order valence-corrected chi connectivity index (χ4v) is 2.95. The van der Waals surface area contributed by atoms with Crippen LogP contribution < -0.4 is 4.74 Å². The summed E-state index contributed by atoms with van der Waals surface area (Å²) in [7, 11) is 1.38. The first kappa shape index (κ1) is 18.8. The maximum absolute atomic E-state index is 12.9. The van der Waals surface area contributed by atoms with E-state index in [1.807, 2.05) is 13.8 Å². The number of hydrogen-bond acceptors (Lipinski definition) is 5. The second-order valence-corrected chi connectivity index (χ2v) is 6.51. The predicted octanol–water partition coefficient (Wildman–Crippen LogP) is 2.37. The molecule has 6 nitrogen and oxygen atoms in total. The van der Waals surface area contributed by atoms with Crippen molar-refractivity contribution >= 4 is 11.9 Å². The number of nitrogens with zero attached hydrogens (tertiary/aromatic N) is 2. The highest BCUT2D eigenvalue weighted by Gasteiger charge is 2.34. The molecule has 1 atom stereocenters. The van der Waals surface area contributed by atoms with Gasteiger partial charge in [0.25, 0.3) is 5.91 Å². The standard InChI is InChI=1S/C19H24N2O4/c1-13(2)17(25-16-7-5-4-6-15(16)12-20)18(22)21-10-8-14(9-11-21)19(23)24-3/h4-7,13-14,17H,8-11H2,1-3H3. The van der Waals surface area contributed by atoms with Gasteiger partial charge in [-0.15, -0.1) is 0 Å². The highest BCUT2D eigenvalue weighted by molar-refractivity contribution is 5.82. The summed E-state index contributed by atoms with van der Waals surface area (Å²) >= 11 is 0. The van der Waals surface area contributed by atoms with Crippen molar-refractivity contribution in [2.75, 3.05) is 20.2 Å². The van der Waals surface area contributed by atoms with E-state index in [2.05, 4.69) is 6.07 Å². The zero-order valence-corrected chi connectivity index (χ0v) is 14.9. The molecule has 0 radical (unpaired) electrons. The number of piperidine rings is 1. The lowest BCUT2D eigenvalue weighted by atomic mass is 9.95. The molecule has 1 heterocycles. The molecular weight excluding hydrogens is 320 g/mol. The molecule has 0 aliphatic carbocycles. The van der Waals surface area contributed by atoms with Crippen LogP contribution in [0.1, 0.15) is 32.3 Å². The minimum Gasteiger partial charge on any atom is -0.479 e. The van der Waals surface area contributed by atoms with E-state index in [1.54, 1.807) is 29.2 Å². The van der Waals surface area contributed by atoms with Gasteiger partial charge in [-0.05, 0) is 30.9 Å². The molecule has 1 fully saturated rings. The quantitative estimate of drug-likeness (QED) is 0.766. The minimum atomic E-state index is -0.663. The summed E-state index contributed by atoms with van der Waals surface area (Å²) in [5.41, 5.74) is 0.408. The van der Waals surface area contributed by atoms with Crippen LogP contribution in [0.2, 0.25) is 0 Å². The third kappa shape index (κ3) is 4.50. The van der Waals surface area contributed by atoms with Crippen molar-refractivity contribution < 1.29 is 19.1 Å². The first-order valence-electron chi connectivity index (χ1n) is 8.50. The number of ether oxygens (including phenoxy) is 2. The Balaban J connectivity index is 2.07. The van der Waals surface area contributed by atoms with Crippen molar-refractivity contribution in [3.8, 4) is 11.8 Å². The van der Waals surface area contributed by atoms with E-state index >= 15 is 0 Å². The Morgan fingerprint density at radius 3 is 2.44 bits per heavy atom. The topological polar surface area (TPSA) is 79.6 Å². The van der Waals surface area contributed by atoms with Crippen molar-refractivity contribution in [1.82, 2.24) is 4.90 Å². The molecule has 1 aliphatic heterocycles. The Labute approximate surface area is 148 Å². The zero-order chi connectivity index (χ0) is 18.4. The van der Waals surface area contributed by atoms with Crippen LogP contribution >= 0.6 is 0 Å². The second-order valence-electron chi connectivity index (χ2n) is 6.51. The van der Waals surface area contributed by atoms with Gasteiger partial charge in [0.1, 0.15) is 11.8 Å². The molecule has 0 saturated carbocycles. The molecule has 6 heteroatoms. The van der Waals surface area contributed by atoms with E-state index in [0.717, 1.165) is 0 Å². The average molecular weight is 344 g/mol. The highest BCUT2D eigenvalue weighted by Crippen LogP contribution is 2.24. The van der Waals surface area contributed by atoms with Crippen molar-refractivity contribution in [2.24, 2.45) is 11.8 Å². The van der Waals surface area contributed by atoms with Crippen LogP contribution in [0.3, 0.4) is 0 Å². The van der Waals surface area contributed by atoms with E-state index in [9.17, 15) is 14.9 Å². The number of carbonyl (C=O) groups excluding carboxylic acids is 2. The maximum Gasteiger partial charge on any atom is 0.308 e. The van der Waals surface area contributed by atoms with Crippen LogP contribution in [0.15, 0.2) is 24.3 Å². The van der Waals surface area contributed by atoms with Gasteiger partial charge in [-0.3, -0.25) is 9.59 Å². The third-order valence-electron chi connectivity index (χ3n) is 4.45. The van der Waals surface area contributed by atoms with Crippen molar-refractivity contribution in [1.29, 1.82) is 5.26 Å². The Kier molecular flexibility index (Phi) is 6.40. The molecule has 134 valence electrons. The SMILES string of the molecule is COC(=O)C1CCN(C(=O)C(Oc2ccccc2C#N)C(C)C)CC1. The molecule has 1 saturated heterocycles. The van der Waals surface area contributed by atoms with E-state index in [-0.39, 0.29) is 23.7 Å². The molecule has 0 N–H and O–H groups in total. The van der Waals surface area contributed by atoms with Crippen LogP contribution in [-0.4, -0.2) is 43.1 Å². The lowest BCUT2D eigenvalue weighted by molar-refractivity contribution is -0.151. The third-order valence-corrected chi connectivity index (χ3v) is 4.45. The molecule has 1 aromatic carbocycles. The lowest BCUT2D eigenvalue weighted by Crippen LogP contribution is -2.48. The second kappa shape index (κ2) is 8.52. The number of nitriles is 1. The van der Waals surface area contributed by atoms with Gasteiger partial charge in [0.2, 0.25) is 0 Å². The molecule has 1 aromatic rings. The Bertz CT molecular complexity index is 658. The minimum absolute atomic E-state index is 0.0439. The first-order chi connectivity index (χ1) is 12.0. The fraction of sp³-hybridized carbons (Fsp3) is 0.526. The van der Waals surface area contributed by atoms with Crippen LogP contribution in [-0.2, 0) is 14.3 Å². The van der Waals surface area contributed by atoms with Gasteiger partial charge in [-0.25, -0.2) is 0 Å². The summed E-state index contributed by atoms with van der Waals surface area (Å²) in [6.07, 6.45) is 0.528. The number of carbonyl (C=O) groups is 2. The van der Waals surface area contributed by atoms with Crippen molar-refractivity contribution in [3.05, 3.63) is 29.8 Å². The summed E-state index contributed by atoms with van der Waals surface area (Å²) in [5, 5.41) is 9.19. The van der Waals surface area contributed by atoms with Crippen LogP contribution in [0, 0.1) is 23.2 Å². The van der Waals surface area contributed by atoms with Gasteiger partial charge < -0.3 is 14.4 Å². The monoisotopic (exact) mass is 344 g/mol. The molecule has 0 spiro atoms. The summed E-state index contributed by atoms with van der Waals surface area (Å²) in [5.74, 6) is -0.0939. The number of likely N-dealkylation sites (tertiary alicyclic amines) is 1. The largest absolute Gasteiger partial charge is 0.479 e. The Hall–Kier alpha value is -2.55. The maximum atomic E-state index is 12.9. The number of rotatable bonds is 5. The van der Waals surface area contributed by atoms with Gasteiger partial charge in [0.15, 0.2) is 6.10 Å². The van der Waals surface area contributed by atoms with Gasteiger partial charge in [0.05, 0.1) is 18.6 Å². The van der Waals surface area contributed by atoms with E-state index in [4.69, 9.17) is 9.47 Å². The molecule has 1 unspecified atom stereocenters. The lowest BCUT2D eigenvalue weighted by Gasteiger charge is -2.34. The van der Waals surface area contributed by atoms with Gasteiger partial charge >= 0.3 is 5.97 Å². The van der Waals surface area contributed by atoms with E-state index < -0.39 is 6.10 Å². The molecule has 25 heavy (non-hydrogen) atoms. The fourth-order valence-electron chi connectivity index (χ4n) is 2.95. The van der Waals surface area contributed by atoms with Crippen molar-refractivity contribution in [2.45, 2.75) is 32.8 Å². The summed E-state index contributed by atoms with van der Waals surface area (Å²) in [6.45, 7) is 4.84. The molecule has 1 aliphatic rings. The van der Waals surface area contributed by atoms with Crippen LogP contribution in [0.4, 0.5) is 0 Å². The molecule has 0 aromatic heterocycles. The average Bonchev–Trinajstić information content (AvgIpc) is 2.65. The van der Waals surface area contributed by atoms with Gasteiger partial charge in [-0.2, -0.15) is 5.26 Å². The number of methoxy groups -OCH3 is 1. The first-order valence-corrected chi connectivity index (χ1v) is 8.50. The highest BCUT2D eigenvalue weighted by atomic mass is 16.5. The zero-order valence-electron chi connectivity index (χ0n) is 14.9. The predicted molar refractivity (Wildman–Crippen MR) is 91.7 cm³/mol. The van der Waals surface area contributed by atoms with Gasteiger partial charge in [0, 0.05) is 13.1 Å². The van der Waals surface area contributed by atoms with Crippen LogP contribution in [0.5, 0.6) is 5.75 Å². The summed E-state index contributed by atoms with van der Waals surface area (Å²) in [6, 6.07) is 8.98. The Morgan fingerprint density at radius 1 is 1.24 bits per heavy atom. The molecule has 0 bridgehead atoms. The van der Waals surface area contributed by atoms with Crippen LogP contribution in [0.25, 0.3) is 0 Å². The normalized spacial score (nSPS) is 16.2. The van der Waals surface area contributed by atoms with E-state index in [1.165, 1.54) is 7.11 Å². The smallest absolute Gasteiger partial charge is 0.308 e. The number of benzene rings is 1. The van der Waals surface area contributed by atoms with E-state index in [0.29, 0.717) is 37.2 Å². The number of para-hydroxylation sites is 1. The van der Waals surface area contributed by atoms with Gasteiger partial charge in [-0.1, -0.05) is 26.0 Å². The Morgan fingerprint density at radius 2 is 1.88 bits per heavy atom. The van der Waals surface area contributed by atoms with Crippen molar-refractivity contribution in [3.63, 3.8) is 0 Å². The number of hydrogen-bond donors (Lipinski definition) is 0. The number of amides is 1. The summed E-state index contributed by atoms with van der Waals surface area (Å²) < 4.78 is 10.7. The summed E-state index contributed by atoms with van der Waals surface area (Å²) in [4.78, 5) is 26.2.